The molecule has 0 fully saturated rings. The summed E-state index contributed by atoms with van der Waals surface area (Å²) in [5, 5.41) is 0.715. The lowest BCUT2D eigenvalue weighted by Crippen LogP contribution is -2.46. The van der Waals surface area contributed by atoms with Crippen molar-refractivity contribution in [2.45, 2.75) is 31.8 Å². The van der Waals surface area contributed by atoms with Gasteiger partial charge >= 0.3 is 0 Å². The van der Waals surface area contributed by atoms with Crippen molar-refractivity contribution in [1.82, 2.24) is 9.80 Å². The van der Waals surface area contributed by atoms with Crippen molar-refractivity contribution in [3.05, 3.63) is 142 Å². The Bertz CT molecular complexity index is 1550. The monoisotopic (exact) mass is 548 g/mol. The molecule has 6 heteroatoms. The predicted octanol–water partition coefficient (Wildman–Crippen LogP) is 6.51. The van der Waals surface area contributed by atoms with E-state index in [-0.39, 0.29) is 24.4 Å². The third-order valence-corrected chi connectivity index (χ3v) is 8.44. The molecule has 0 bridgehead atoms. The van der Waals surface area contributed by atoms with Gasteiger partial charge in [-0.25, -0.2) is 0 Å². The van der Waals surface area contributed by atoms with Crippen LogP contribution in [0.25, 0.3) is 0 Å². The van der Waals surface area contributed by atoms with Gasteiger partial charge in [0.05, 0.1) is 17.2 Å². The molecule has 2 aliphatic rings. The molecule has 200 valence electrons. The van der Waals surface area contributed by atoms with Crippen LogP contribution in [0.3, 0.4) is 0 Å². The molecule has 2 unspecified atom stereocenters. The molecule has 5 nitrogen and oxygen atoms in total. The van der Waals surface area contributed by atoms with E-state index < -0.39 is 11.8 Å². The number of fused-ring (bicyclic) bond motifs is 2. The molecule has 2 atom stereocenters. The lowest BCUT2D eigenvalue weighted by atomic mass is 9.76. The summed E-state index contributed by atoms with van der Waals surface area (Å²) in [6.07, 6.45) is 2.51. The quantitative estimate of drug-likeness (QED) is 0.247. The van der Waals surface area contributed by atoms with E-state index in [0.29, 0.717) is 29.1 Å². The summed E-state index contributed by atoms with van der Waals surface area (Å²) >= 11 is 6.59. The minimum absolute atomic E-state index is 0.102. The number of hydrogen-bond donors (Lipinski definition) is 0. The zero-order valence-corrected chi connectivity index (χ0v) is 22.8. The van der Waals surface area contributed by atoms with E-state index in [4.69, 9.17) is 11.6 Å². The molecule has 0 radical (unpaired) electrons. The minimum atomic E-state index is -0.426. The van der Waals surface area contributed by atoms with Crippen molar-refractivity contribution in [1.29, 1.82) is 0 Å². The fourth-order valence-electron chi connectivity index (χ4n) is 6.12. The fraction of sp³-hybridized carbons (Fsp3) is 0.206. The van der Waals surface area contributed by atoms with Crippen molar-refractivity contribution < 1.29 is 14.4 Å². The summed E-state index contributed by atoms with van der Waals surface area (Å²) in [5.41, 5.74) is 5.04. The van der Waals surface area contributed by atoms with Crippen molar-refractivity contribution in [2.75, 3.05) is 6.54 Å². The lowest BCUT2D eigenvalue weighted by molar-refractivity contribution is -0.136. The Balaban J connectivity index is 1.39. The van der Waals surface area contributed by atoms with Crippen LogP contribution in [0, 0.1) is 5.92 Å². The molecule has 4 aromatic rings. The van der Waals surface area contributed by atoms with E-state index in [2.05, 4.69) is 12.1 Å². The standard InChI is InChI=1S/C34H29ClN2O3/c35-30-17-9-5-13-25(30)20-26-19-18-24-12-4-6-14-27(24)32(26)36(21-23-10-2-1-3-11-23)31(38)22-37-33(39)28-15-7-8-16-29(28)34(37)40/h1-17,26,32H,18-22H2. The lowest BCUT2D eigenvalue weighted by Gasteiger charge is -2.42. The Morgan fingerprint density at radius 3 is 2.15 bits per heavy atom. The summed E-state index contributed by atoms with van der Waals surface area (Å²) in [6, 6.07) is 32.5. The third kappa shape index (κ3) is 4.93. The number of nitrogens with zero attached hydrogens (tertiary/aromatic N) is 2. The summed E-state index contributed by atoms with van der Waals surface area (Å²) < 4.78 is 0. The molecule has 1 aliphatic carbocycles. The van der Waals surface area contributed by atoms with E-state index in [1.165, 1.54) is 5.56 Å². The SMILES string of the molecule is O=C1c2ccccc2C(=O)N1CC(=O)N(Cc1ccccc1)C1c2ccccc2CCC1Cc1ccccc1Cl. The number of halogens is 1. The highest BCUT2D eigenvalue weighted by Crippen LogP contribution is 2.42. The summed E-state index contributed by atoms with van der Waals surface area (Å²) in [4.78, 5) is 43.6. The molecule has 0 saturated heterocycles. The Hall–Kier alpha value is -4.22. The Labute approximate surface area is 239 Å². The normalized spacial score (nSPS) is 17.9. The number of carbonyl (C=O) groups excluding carboxylic acids is 3. The second kappa shape index (κ2) is 11.1. The van der Waals surface area contributed by atoms with Gasteiger partial charge in [-0.2, -0.15) is 0 Å². The maximum absolute atomic E-state index is 14.3. The second-order valence-electron chi connectivity index (χ2n) is 10.5. The van der Waals surface area contributed by atoms with Gasteiger partial charge in [0, 0.05) is 11.6 Å². The Morgan fingerprint density at radius 2 is 1.43 bits per heavy atom. The highest BCUT2D eigenvalue weighted by molar-refractivity contribution is 6.31. The van der Waals surface area contributed by atoms with Crippen molar-refractivity contribution >= 4 is 29.3 Å². The average molecular weight is 549 g/mol. The fourth-order valence-corrected chi connectivity index (χ4v) is 6.33. The van der Waals surface area contributed by atoms with Crippen LogP contribution in [-0.2, 0) is 24.2 Å². The number of amides is 3. The van der Waals surface area contributed by atoms with Gasteiger partial charge in [0.2, 0.25) is 5.91 Å². The molecular formula is C34H29ClN2O3. The van der Waals surface area contributed by atoms with Gasteiger partial charge in [0.25, 0.3) is 11.8 Å². The summed E-state index contributed by atoms with van der Waals surface area (Å²) in [7, 11) is 0. The average Bonchev–Trinajstić information content (AvgIpc) is 3.22. The first-order chi connectivity index (χ1) is 19.5. The van der Waals surface area contributed by atoms with Crippen LogP contribution in [0.15, 0.2) is 103 Å². The number of hydrogen-bond acceptors (Lipinski definition) is 3. The molecule has 3 amide bonds. The zero-order chi connectivity index (χ0) is 27.6. The number of aryl methyl sites for hydroxylation is 1. The van der Waals surface area contributed by atoms with E-state index in [1.807, 2.05) is 71.6 Å². The first kappa shape index (κ1) is 26.0. The largest absolute Gasteiger partial charge is 0.329 e. The van der Waals surface area contributed by atoms with Gasteiger partial charge in [0.1, 0.15) is 6.54 Å². The van der Waals surface area contributed by atoms with Gasteiger partial charge in [-0.15, -0.1) is 0 Å². The topological polar surface area (TPSA) is 57.7 Å². The van der Waals surface area contributed by atoms with Crippen LogP contribution in [0.5, 0.6) is 0 Å². The molecular weight excluding hydrogens is 520 g/mol. The van der Waals surface area contributed by atoms with Gasteiger partial charge in [-0.3, -0.25) is 19.3 Å². The first-order valence-electron chi connectivity index (χ1n) is 13.6. The van der Waals surface area contributed by atoms with Gasteiger partial charge in [-0.1, -0.05) is 96.5 Å². The maximum atomic E-state index is 14.3. The van der Waals surface area contributed by atoms with E-state index in [0.717, 1.165) is 34.4 Å². The molecule has 40 heavy (non-hydrogen) atoms. The molecule has 0 N–H and O–H groups in total. The van der Waals surface area contributed by atoms with E-state index in [1.54, 1.807) is 24.3 Å². The van der Waals surface area contributed by atoms with Crippen LogP contribution in [0.1, 0.15) is 55.4 Å². The van der Waals surface area contributed by atoms with E-state index >= 15 is 0 Å². The first-order valence-corrected chi connectivity index (χ1v) is 14.0. The Kier molecular flexibility index (Phi) is 7.23. The highest BCUT2D eigenvalue weighted by atomic mass is 35.5. The highest BCUT2D eigenvalue weighted by Gasteiger charge is 2.41. The Morgan fingerprint density at radius 1 is 0.800 bits per heavy atom. The van der Waals surface area contributed by atoms with Gasteiger partial charge in [0.15, 0.2) is 0 Å². The van der Waals surface area contributed by atoms with Crippen molar-refractivity contribution in [3.63, 3.8) is 0 Å². The van der Waals surface area contributed by atoms with Crippen molar-refractivity contribution in [3.8, 4) is 0 Å². The molecule has 6 rings (SSSR count). The third-order valence-electron chi connectivity index (χ3n) is 8.07. The molecule has 0 saturated carbocycles. The molecule has 4 aromatic carbocycles. The predicted molar refractivity (Wildman–Crippen MR) is 155 cm³/mol. The van der Waals surface area contributed by atoms with Crippen LogP contribution in [-0.4, -0.2) is 34.1 Å². The minimum Gasteiger partial charge on any atom is -0.329 e. The maximum Gasteiger partial charge on any atom is 0.262 e. The van der Waals surface area contributed by atoms with Crippen LogP contribution >= 0.6 is 11.6 Å². The molecule has 0 aromatic heterocycles. The summed E-state index contributed by atoms with van der Waals surface area (Å²) in [5.74, 6) is -1.01. The molecule has 1 aliphatic heterocycles. The van der Waals surface area contributed by atoms with Crippen molar-refractivity contribution in [2.24, 2.45) is 5.92 Å². The number of carbonyl (C=O) groups is 3. The summed E-state index contributed by atoms with van der Waals surface area (Å²) in [6.45, 7) is 0.0531. The van der Waals surface area contributed by atoms with Gasteiger partial charge < -0.3 is 4.90 Å². The van der Waals surface area contributed by atoms with Crippen LogP contribution in [0.4, 0.5) is 0 Å². The van der Waals surface area contributed by atoms with Crippen LogP contribution in [0.2, 0.25) is 5.02 Å². The number of rotatable bonds is 7. The number of benzene rings is 4. The smallest absolute Gasteiger partial charge is 0.262 e. The van der Waals surface area contributed by atoms with Gasteiger partial charge in [-0.05, 0) is 65.6 Å². The second-order valence-corrected chi connectivity index (χ2v) is 10.9. The molecule has 0 spiro atoms. The van der Waals surface area contributed by atoms with Crippen LogP contribution < -0.4 is 0 Å². The molecule has 1 heterocycles. The zero-order valence-electron chi connectivity index (χ0n) is 22.0. The number of imide groups is 1. The van der Waals surface area contributed by atoms with E-state index in [9.17, 15) is 14.4 Å².